The first-order chi connectivity index (χ1) is 14.5. The van der Waals surface area contributed by atoms with E-state index in [2.05, 4.69) is 21.3 Å². The standard InChI is InChI=1S/C22H32N4O3S/c1-16-4-5-17(2)20-19(16)14-18(21(28)24-20)15-26(8-11-27)22(30)23-6-3-7-25-9-12-29-13-10-25/h4-5,14,27H,3,6-13,15H2,1-2H3,(H,23,30)(H,24,28). The maximum absolute atomic E-state index is 12.7. The van der Waals surface area contributed by atoms with Crippen molar-refractivity contribution >= 4 is 28.2 Å². The molecule has 1 aromatic carbocycles. The second-order valence-corrected chi connectivity index (χ2v) is 8.18. The molecule has 0 spiro atoms. The van der Waals surface area contributed by atoms with Crippen LogP contribution in [0.2, 0.25) is 0 Å². The third-order valence-corrected chi connectivity index (χ3v) is 5.97. The summed E-state index contributed by atoms with van der Waals surface area (Å²) in [6.45, 7) is 10.0. The first-order valence-corrected chi connectivity index (χ1v) is 11.0. The zero-order chi connectivity index (χ0) is 21.5. The van der Waals surface area contributed by atoms with E-state index in [0.717, 1.165) is 67.8 Å². The van der Waals surface area contributed by atoms with Crippen LogP contribution in [-0.2, 0) is 11.3 Å². The van der Waals surface area contributed by atoms with Gasteiger partial charge in [-0.3, -0.25) is 9.69 Å². The Morgan fingerprint density at radius 3 is 2.77 bits per heavy atom. The highest BCUT2D eigenvalue weighted by atomic mass is 32.1. The van der Waals surface area contributed by atoms with Crippen LogP contribution in [-0.4, -0.2) is 77.5 Å². The summed E-state index contributed by atoms with van der Waals surface area (Å²) in [5.74, 6) is 0. The van der Waals surface area contributed by atoms with Gasteiger partial charge < -0.3 is 25.0 Å². The highest BCUT2D eigenvalue weighted by Gasteiger charge is 2.14. The fraction of sp³-hybridized carbons (Fsp3) is 0.545. The van der Waals surface area contributed by atoms with Crippen molar-refractivity contribution in [1.82, 2.24) is 20.1 Å². The number of nitrogens with one attached hydrogen (secondary N) is 2. The van der Waals surface area contributed by atoms with Crippen LogP contribution in [0, 0.1) is 13.8 Å². The Hall–Kier alpha value is -2.00. The largest absolute Gasteiger partial charge is 0.395 e. The summed E-state index contributed by atoms with van der Waals surface area (Å²) in [6.07, 6.45) is 0.974. The zero-order valence-corrected chi connectivity index (χ0v) is 18.7. The molecule has 7 nitrogen and oxygen atoms in total. The monoisotopic (exact) mass is 432 g/mol. The minimum absolute atomic E-state index is 0.0286. The smallest absolute Gasteiger partial charge is 0.253 e. The van der Waals surface area contributed by atoms with Crippen molar-refractivity contribution in [1.29, 1.82) is 0 Å². The van der Waals surface area contributed by atoms with E-state index in [4.69, 9.17) is 17.0 Å². The molecule has 0 atom stereocenters. The van der Waals surface area contributed by atoms with Gasteiger partial charge in [0.15, 0.2) is 5.11 Å². The van der Waals surface area contributed by atoms with Crippen LogP contribution < -0.4 is 10.9 Å². The molecule has 0 aliphatic carbocycles. The fourth-order valence-electron chi connectivity index (χ4n) is 3.75. The number of nitrogens with zero attached hydrogens (tertiary/aromatic N) is 2. The number of hydrogen-bond donors (Lipinski definition) is 3. The van der Waals surface area contributed by atoms with Gasteiger partial charge in [-0.25, -0.2) is 0 Å². The number of aliphatic hydroxyl groups is 1. The summed E-state index contributed by atoms with van der Waals surface area (Å²) in [7, 11) is 0. The molecule has 164 valence electrons. The summed E-state index contributed by atoms with van der Waals surface area (Å²) in [4.78, 5) is 19.9. The van der Waals surface area contributed by atoms with Crippen LogP contribution >= 0.6 is 12.2 Å². The number of pyridine rings is 1. The molecule has 1 aliphatic heterocycles. The van der Waals surface area contributed by atoms with Gasteiger partial charge in [-0.15, -0.1) is 0 Å². The SMILES string of the molecule is Cc1ccc(C)c2[nH]c(=O)c(CN(CCO)C(=S)NCCCN3CCOCC3)cc12. The molecule has 0 unspecified atom stereocenters. The van der Waals surface area contributed by atoms with Gasteiger partial charge in [-0.1, -0.05) is 12.1 Å². The lowest BCUT2D eigenvalue weighted by Gasteiger charge is -2.27. The predicted molar refractivity (Wildman–Crippen MR) is 124 cm³/mol. The van der Waals surface area contributed by atoms with Gasteiger partial charge >= 0.3 is 0 Å². The van der Waals surface area contributed by atoms with E-state index in [1.54, 1.807) is 0 Å². The topological polar surface area (TPSA) is 80.8 Å². The van der Waals surface area contributed by atoms with Crippen molar-refractivity contribution in [2.75, 3.05) is 52.5 Å². The third-order valence-electron chi connectivity index (χ3n) is 5.57. The Kier molecular flexibility index (Phi) is 8.21. The molecule has 0 saturated carbocycles. The molecule has 1 aromatic heterocycles. The van der Waals surface area contributed by atoms with Gasteiger partial charge in [-0.05, 0) is 56.2 Å². The van der Waals surface area contributed by atoms with Gasteiger partial charge in [0.25, 0.3) is 5.56 Å². The van der Waals surface area contributed by atoms with Crippen molar-refractivity contribution in [2.24, 2.45) is 0 Å². The number of aliphatic hydroxyl groups excluding tert-OH is 1. The number of fused-ring (bicyclic) bond motifs is 1. The van der Waals surface area contributed by atoms with Gasteiger partial charge in [0, 0.05) is 37.1 Å². The highest BCUT2D eigenvalue weighted by molar-refractivity contribution is 7.80. The number of ether oxygens (including phenoxy) is 1. The summed E-state index contributed by atoms with van der Waals surface area (Å²) >= 11 is 5.55. The Morgan fingerprint density at radius 2 is 2.03 bits per heavy atom. The molecule has 0 amide bonds. The van der Waals surface area contributed by atoms with Gasteiger partial charge in [0.2, 0.25) is 0 Å². The maximum atomic E-state index is 12.7. The quantitative estimate of drug-likeness (QED) is 0.431. The first kappa shape index (κ1) is 22.7. The Balaban J connectivity index is 1.63. The van der Waals surface area contributed by atoms with Crippen LogP contribution in [0.4, 0.5) is 0 Å². The summed E-state index contributed by atoms with van der Waals surface area (Å²) in [6, 6.07) is 6.02. The number of thiocarbonyl (C=S) groups is 1. The number of aromatic nitrogens is 1. The Labute approximate surface area is 183 Å². The minimum atomic E-state index is -0.116. The van der Waals surface area contributed by atoms with E-state index in [-0.39, 0.29) is 12.2 Å². The van der Waals surface area contributed by atoms with Crippen molar-refractivity contribution in [3.05, 3.63) is 45.2 Å². The van der Waals surface area contributed by atoms with Gasteiger partial charge in [0.1, 0.15) is 0 Å². The molecule has 1 saturated heterocycles. The molecule has 0 bridgehead atoms. The van der Waals surface area contributed by atoms with E-state index in [1.807, 2.05) is 30.9 Å². The molecule has 1 fully saturated rings. The molecule has 0 radical (unpaired) electrons. The van der Waals surface area contributed by atoms with E-state index in [9.17, 15) is 9.90 Å². The third kappa shape index (κ3) is 5.78. The summed E-state index contributed by atoms with van der Waals surface area (Å²) in [5.41, 5.74) is 3.56. The molecule has 2 heterocycles. The predicted octanol–water partition coefficient (Wildman–Crippen LogP) is 1.54. The molecule has 3 N–H and O–H groups in total. The van der Waals surface area contributed by atoms with E-state index >= 15 is 0 Å². The Morgan fingerprint density at radius 1 is 1.30 bits per heavy atom. The summed E-state index contributed by atoms with van der Waals surface area (Å²) in [5, 5.41) is 14.4. The van der Waals surface area contributed by atoms with Gasteiger partial charge in [0.05, 0.1) is 31.9 Å². The first-order valence-electron chi connectivity index (χ1n) is 10.6. The van der Waals surface area contributed by atoms with Crippen LogP contribution in [0.15, 0.2) is 23.0 Å². The molecular formula is C22H32N4O3S. The number of hydrogen-bond acceptors (Lipinski definition) is 5. The van der Waals surface area contributed by atoms with Crippen LogP contribution in [0.3, 0.4) is 0 Å². The highest BCUT2D eigenvalue weighted by Crippen LogP contribution is 2.20. The molecule has 2 aromatic rings. The van der Waals surface area contributed by atoms with E-state index < -0.39 is 0 Å². The molecule has 1 aliphatic rings. The zero-order valence-electron chi connectivity index (χ0n) is 17.9. The van der Waals surface area contributed by atoms with Crippen molar-refractivity contribution in [2.45, 2.75) is 26.8 Å². The van der Waals surface area contributed by atoms with Gasteiger partial charge in [-0.2, -0.15) is 0 Å². The molecule has 3 rings (SSSR count). The lowest BCUT2D eigenvalue weighted by molar-refractivity contribution is 0.0376. The molecule has 8 heteroatoms. The molecular weight excluding hydrogens is 400 g/mol. The average molecular weight is 433 g/mol. The van der Waals surface area contributed by atoms with E-state index in [0.29, 0.717) is 23.8 Å². The second kappa shape index (κ2) is 10.9. The lowest BCUT2D eigenvalue weighted by atomic mass is 10.0. The number of rotatable bonds is 8. The van der Waals surface area contributed by atoms with Crippen LogP contribution in [0.1, 0.15) is 23.1 Å². The maximum Gasteiger partial charge on any atom is 0.253 e. The number of aryl methyl sites for hydroxylation is 2. The van der Waals surface area contributed by atoms with Crippen LogP contribution in [0.25, 0.3) is 10.9 Å². The lowest BCUT2D eigenvalue weighted by Crippen LogP contribution is -2.43. The Bertz CT molecular complexity index is 924. The minimum Gasteiger partial charge on any atom is -0.395 e. The number of benzene rings is 1. The van der Waals surface area contributed by atoms with Crippen molar-refractivity contribution in [3.8, 4) is 0 Å². The number of morpholine rings is 1. The molecule has 30 heavy (non-hydrogen) atoms. The summed E-state index contributed by atoms with van der Waals surface area (Å²) < 4.78 is 5.37. The van der Waals surface area contributed by atoms with Crippen LogP contribution in [0.5, 0.6) is 0 Å². The number of aromatic amines is 1. The van der Waals surface area contributed by atoms with Crippen molar-refractivity contribution < 1.29 is 9.84 Å². The second-order valence-electron chi connectivity index (χ2n) is 7.80. The fourth-order valence-corrected chi connectivity index (χ4v) is 4.01. The normalized spacial score (nSPS) is 14.8. The number of H-pyrrole nitrogens is 1. The average Bonchev–Trinajstić information content (AvgIpc) is 2.75. The van der Waals surface area contributed by atoms with E-state index in [1.165, 1.54) is 0 Å². The van der Waals surface area contributed by atoms with Crippen molar-refractivity contribution in [3.63, 3.8) is 0 Å².